The van der Waals surface area contributed by atoms with Crippen LogP contribution in [0, 0.1) is 5.92 Å². The lowest BCUT2D eigenvalue weighted by atomic mass is 10.0. The second kappa shape index (κ2) is 35.3. The Kier molecular flexibility index (Phi) is 33.9. The minimum absolute atomic E-state index is 0.0766. The van der Waals surface area contributed by atoms with Gasteiger partial charge in [-0.05, 0) is 44.4 Å². The van der Waals surface area contributed by atoms with Gasteiger partial charge in [0.15, 0.2) is 6.10 Å². The molecule has 0 spiro atoms. The Balaban J connectivity index is 4.64. The lowest BCUT2D eigenvalue weighted by Gasteiger charge is -2.20. The third-order valence-corrected chi connectivity index (χ3v) is 9.31. The molecular formula is C41H73O12P. The lowest BCUT2D eigenvalue weighted by Crippen LogP contribution is -2.30. The number of phosphoric acid groups is 1. The summed E-state index contributed by atoms with van der Waals surface area (Å²) in [5.41, 5.74) is 0. The first-order chi connectivity index (χ1) is 25.9. The molecule has 0 amide bonds. The highest BCUT2D eigenvalue weighted by Gasteiger charge is 2.27. The smallest absolute Gasteiger partial charge is 0.462 e. The summed E-state index contributed by atoms with van der Waals surface area (Å²) in [7, 11) is -4.68. The van der Waals surface area contributed by atoms with Gasteiger partial charge in [-0.15, -0.1) is 0 Å². The summed E-state index contributed by atoms with van der Waals surface area (Å²) in [5, 5.41) is 38.6. The maximum Gasteiger partial charge on any atom is 0.472 e. The Morgan fingerprint density at radius 1 is 0.667 bits per heavy atom. The van der Waals surface area contributed by atoms with Gasteiger partial charge in [-0.1, -0.05) is 140 Å². The number of hydrogen-bond acceptors (Lipinski definition) is 11. The van der Waals surface area contributed by atoms with E-state index < -0.39 is 70.6 Å². The molecule has 0 fully saturated rings. The molecule has 54 heavy (non-hydrogen) atoms. The van der Waals surface area contributed by atoms with Gasteiger partial charge in [0.05, 0.1) is 32.0 Å². The van der Waals surface area contributed by atoms with E-state index in [-0.39, 0.29) is 25.7 Å². The highest BCUT2D eigenvalue weighted by Crippen LogP contribution is 2.43. The fourth-order valence-corrected chi connectivity index (χ4v) is 5.92. The zero-order valence-corrected chi connectivity index (χ0v) is 34.2. The number of hydrogen-bond donors (Lipinski definition) is 5. The standard InChI is InChI=1S/C41H73O12P/c1-4-5-6-7-14-19-25-36(43)26-20-16-17-21-27-37(44)28-23-30-41(47)53-39(34-52-54(48,49)51-32-38(45)31-42)33-50-40(46)29-22-15-12-10-8-9-11-13-18-24-35(2)3/h14,16-17,19-21,26-27,35-39,42-45H,4-13,15,18,22-25,28-34H2,1-3H3,(H,48,49)/b17-16+,19-14-,26-20+,27-21-/t36-,37-,38-,39+/m0/s1. The van der Waals surface area contributed by atoms with Gasteiger partial charge in [-0.3, -0.25) is 18.6 Å². The van der Waals surface area contributed by atoms with Crippen molar-refractivity contribution < 1.29 is 58.0 Å². The first kappa shape index (κ1) is 51.9. The largest absolute Gasteiger partial charge is 0.472 e. The molecule has 0 radical (unpaired) electrons. The third-order valence-electron chi connectivity index (χ3n) is 8.35. The van der Waals surface area contributed by atoms with Gasteiger partial charge < -0.3 is 34.8 Å². The SMILES string of the molecule is CCCCC/C=C\C[C@H](O)/C=C/C=C/C=C\[C@H](O)CCCC(=O)O[C@H](COC(=O)CCCCCCCCCCCC(C)C)COP(=O)(O)OC[C@@H](O)CO. The van der Waals surface area contributed by atoms with Gasteiger partial charge in [0.2, 0.25) is 0 Å². The molecule has 5 atom stereocenters. The van der Waals surface area contributed by atoms with Crippen LogP contribution in [0.3, 0.4) is 0 Å². The van der Waals surface area contributed by atoms with E-state index in [0.717, 1.165) is 38.0 Å². The summed E-state index contributed by atoms with van der Waals surface area (Å²) >= 11 is 0. The lowest BCUT2D eigenvalue weighted by molar-refractivity contribution is -0.161. The fourth-order valence-electron chi connectivity index (χ4n) is 5.14. The molecule has 0 aliphatic rings. The van der Waals surface area contributed by atoms with Gasteiger partial charge in [0.1, 0.15) is 12.7 Å². The minimum atomic E-state index is -4.68. The summed E-state index contributed by atoms with van der Waals surface area (Å²) in [5.74, 6) is -0.410. The third kappa shape index (κ3) is 35.5. The highest BCUT2D eigenvalue weighted by molar-refractivity contribution is 7.47. The van der Waals surface area contributed by atoms with Gasteiger partial charge in [-0.2, -0.15) is 0 Å². The monoisotopic (exact) mass is 788 g/mol. The van der Waals surface area contributed by atoms with Crippen molar-refractivity contribution in [1.82, 2.24) is 0 Å². The van der Waals surface area contributed by atoms with Crippen LogP contribution < -0.4 is 0 Å². The molecule has 0 heterocycles. The number of phosphoric ester groups is 1. The summed E-state index contributed by atoms with van der Waals surface area (Å²) < 4.78 is 32.4. The van der Waals surface area contributed by atoms with Crippen LogP contribution >= 0.6 is 7.82 Å². The number of unbranched alkanes of at least 4 members (excludes halogenated alkanes) is 11. The maximum absolute atomic E-state index is 12.6. The molecule has 5 N–H and O–H groups in total. The molecular weight excluding hydrogens is 715 g/mol. The zero-order valence-electron chi connectivity index (χ0n) is 33.3. The van der Waals surface area contributed by atoms with E-state index in [1.807, 2.05) is 6.08 Å². The van der Waals surface area contributed by atoms with Gasteiger partial charge in [-0.25, -0.2) is 4.57 Å². The Bertz CT molecular complexity index is 1090. The van der Waals surface area contributed by atoms with E-state index in [4.69, 9.17) is 19.1 Å². The van der Waals surface area contributed by atoms with Crippen LogP contribution in [0.4, 0.5) is 0 Å². The first-order valence-corrected chi connectivity index (χ1v) is 21.7. The Labute approximate surface area is 325 Å². The van der Waals surface area contributed by atoms with Crippen LogP contribution in [-0.4, -0.2) is 88.1 Å². The van der Waals surface area contributed by atoms with Crippen LogP contribution in [0.2, 0.25) is 0 Å². The van der Waals surface area contributed by atoms with Crippen molar-refractivity contribution in [3.05, 3.63) is 48.6 Å². The fraction of sp³-hybridized carbons (Fsp3) is 0.756. The Hall–Kier alpha value is -2.15. The molecule has 12 nitrogen and oxygen atoms in total. The average molecular weight is 789 g/mol. The number of allylic oxidation sites excluding steroid dienone is 5. The van der Waals surface area contributed by atoms with E-state index >= 15 is 0 Å². The molecule has 0 aliphatic carbocycles. The number of esters is 2. The number of aliphatic hydroxyl groups excluding tert-OH is 4. The van der Waals surface area contributed by atoms with Crippen LogP contribution in [0.25, 0.3) is 0 Å². The molecule has 0 aromatic heterocycles. The first-order valence-electron chi connectivity index (χ1n) is 20.2. The van der Waals surface area contributed by atoms with Crippen molar-refractivity contribution in [2.75, 3.05) is 26.4 Å². The van der Waals surface area contributed by atoms with Crippen molar-refractivity contribution in [3.63, 3.8) is 0 Å². The average Bonchev–Trinajstić information content (AvgIpc) is 3.13. The quantitative estimate of drug-likeness (QED) is 0.0136. The number of rotatable bonds is 36. The van der Waals surface area contributed by atoms with Gasteiger partial charge in [0, 0.05) is 12.8 Å². The van der Waals surface area contributed by atoms with Crippen molar-refractivity contribution >= 4 is 19.8 Å². The predicted octanol–water partition coefficient (Wildman–Crippen LogP) is 7.96. The summed E-state index contributed by atoms with van der Waals surface area (Å²) in [4.78, 5) is 34.9. The van der Waals surface area contributed by atoms with Crippen molar-refractivity contribution in [2.45, 2.75) is 167 Å². The second-order valence-corrected chi connectivity index (χ2v) is 15.6. The molecule has 0 aromatic rings. The van der Waals surface area contributed by atoms with Crippen molar-refractivity contribution in [2.24, 2.45) is 5.92 Å². The molecule has 1 unspecified atom stereocenters. The van der Waals surface area contributed by atoms with E-state index in [1.54, 1.807) is 36.5 Å². The van der Waals surface area contributed by atoms with E-state index in [9.17, 15) is 34.4 Å². The molecule has 13 heteroatoms. The number of ether oxygens (including phenoxy) is 2. The van der Waals surface area contributed by atoms with E-state index in [0.29, 0.717) is 12.8 Å². The number of carbonyl (C=O) groups is 2. The molecule has 0 rings (SSSR count). The van der Waals surface area contributed by atoms with E-state index in [2.05, 4.69) is 31.4 Å². The van der Waals surface area contributed by atoms with Crippen LogP contribution in [0.1, 0.15) is 143 Å². The van der Waals surface area contributed by atoms with Crippen molar-refractivity contribution in [1.29, 1.82) is 0 Å². The van der Waals surface area contributed by atoms with Crippen LogP contribution in [-0.2, 0) is 32.7 Å². The van der Waals surface area contributed by atoms with Crippen LogP contribution in [0.15, 0.2) is 48.6 Å². The zero-order chi connectivity index (χ0) is 40.3. The molecule has 0 bridgehead atoms. The summed E-state index contributed by atoms with van der Waals surface area (Å²) in [6.45, 7) is 4.29. The molecule has 314 valence electrons. The van der Waals surface area contributed by atoms with Gasteiger partial charge in [0.25, 0.3) is 0 Å². The topological polar surface area (TPSA) is 189 Å². The number of carbonyl (C=O) groups excluding carboxylic acids is 2. The minimum Gasteiger partial charge on any atom is -0.462 e. The molecule has 0 saturated heterocycles. The maximum atomic E-state index is 12.6. The van der Waals surface area contributed by atoms with Gasteiger partial charge >= 0.3 is 19.8 Å². The Morgan fingerprint density at radius 3 is 1.89 bits per heavy atom. The molecule has 0 aromatic carbocycles. The predicted molar refractivity (Wildman–Crippen MR) is 212 cm³/mol. The molecule has 0 aliphatic heterocycles. The van der Waals surface area contributed by atoms with Crippen LogP contribution in [0.5, 0.6) is 0 Å². The van der Waals surface area contributed by atoms with Crippen molar-refractivity contribution in [3.8, 4) is 0 Å². The number of aliphatic hydroxyl groups is 4. The summed E-state index contributed by atoms with van der Waals surface area (Å²) in [6.07, 6.45) is 27.2. The summed E-state index contributed by atoms with van der Waals surface area (Å²) in [6, 6.07) is 0. The normalized spacial score (nSPS) is 15.7. The Morgan fingerprint density at radius 2 is 1.26 bits per heavy atom. The van der Waals surface area contributed by atoms with E-state index in [1.165, 1.54) is 51.4 Å². The highest BCUT2D eigenvalue weighted by atomic mass is 31.2. The second-order valence-electron chi connectivity index (χ2n) is 14.2. The molecule has 0 saturated carbocycles.